The molecule has 0 bridgehead atoms. The van der Waals surface area contributed by atoms with E-state index in [9.17, 15) is 9.59 Å². The number of anilines is 1. The lowest BCUT2D eigenvalue weighted by molar-refractivity contribution is -0.129. The quantitative estimate of drug-likeness (QED) is 0.322. The zero-order valence-corrected chi connectivity index (χ0v) is 15.9. The van der Waals surface area contributed by atoms with Gasteiger partial charge in [0.1, 0.15) is 0 Å². The highest BCUT2D eigenvalue weighted by Crippen LogP contribution is 2.27. The number of hydrogen-bond acceptors (Lipinski definition) is 4. The lowest BCUT2D eigenvalue weighted by Gasteiger charge is -2.17. The Bertz CT molecular complexity index is 933. The van der Waals surface area contributed by atoms with Gasteiger partial charge in [0.25, 0.3) is 5.91 Å². The summed E-state index contributed by atoms with van der Waals surface area (Å²) in [6.07, 6.45) is 0. The van der Waals surface area contributed by atoms with Crippen molar-refractivity contribution in [3.63, 3.8) is 0 Å². The van der Waals surface area contributed by atoms with E-state index < -0.39 is 11.8 Å². The fourth-order valence-electron chi connectivity index (χ4n) is 2.86. The van der Waals surface area contributed by atoms with Crippen molar-refractivity contribution in [3.8, 4) is 0 Å². The third kappa shape index (κ3) is 5.22. The van der Waals surface area contributed by atoms with Crippen LogP contribution in [0.1, 0.15) is 17.0 Å². The number of hydrogen-bond donors (Lipinski definition) is 3. The summed E-state index contributed by atoms with van der Waals surface area (Å²) in [6, 6.07) is 26.0. The highest BCUT2D eigenvalue weighted by molar-refractivity contribution is 8.00. The van der Waals surface area contributed by atoms with E-state index in [0.29, 0.717) is 11.3 Å². The maximum atomic E-state index is 12.3. The second-order valence-corrected chi connectivity index (χ2v) is 7.14. The van der Waals surface area contributed by atoms with Gasteiger partial charge in [0, 0.05) is 10.6 Å². The molecule has 142 valence electrons. The summed E-state index contributed by atoms with van der Waals surface area (Å²) in [6.45, 7) is 0. The summed E-state index contributed by atoms with van der Waals surface area (Å²) in [7, 11) is 0. The molecule has 5 nitrogen and oxygen atoms in total. The molecule has 0 aliphatic rings. The monoisotopic (exact) mass is 392 g/mol. The number of amides is 2. The zero-order valence-electron chi connectivity index (χ0n) is 15.0. The van der Waals surface area contributed by atoms with Gasteiger partial charge in [-0.1, -0.05) is 60.7 Å². The molecule has 0 saturated heterocycles. The maximum absolute atomic E-state index is 12.3. The summed E-state index contributed by atoms with van der Waals surface area (Å²) in [5.74, 6) is -1.06. The third-order valence-electron chi connectivity index (χ3n) is 4.12. The van der Waals surface area contributed by atoms with Gasteiger partial charge in [-0.3, -0.25) is 14.8 Å². The Morgan fingerprint density at radius 1 is 0.857 bits per heavy atom. The minimum atomic E-state index is -0.679. The van der Waals surface area contributed by atoms with E-state index in [-0.39, 0.29) is 11.7 Å². The van der Waals surface area contributed by atoms with Gasteiger partial charge in [0.15, 0.2) is 0 Å². The van der Waals surface area contributed by atoms with Gasteiger partial charge < -0.3 is 5.32 Å². The summed E-state index contributed by atoms with van der Waals surface area (Å²) in [5.41, 5.74) is 3.75. The maximum Gasteiger partial charge on any atom is 0.255 e. The van der Waals surface area contributed by atoms with Gasteiger partial charge in [-0.25, -0.2) is 5.48 Å². The van der Waals surface area contributed by atoms with Gasteiger partial charge in [-0.15, -0.1) is 11.8 Å². The van der Waals surface area contributed by atoms with Crippen LogP contribution in [0, 0.1) is 0 Å². The number of rotatable bonds is 7. The van der Waals surface area contributed by atoms with E-state index in [1.54, 1.807) is 29.7 Å². The van der Waals surface area contributed by atoms with Crippen molar-refractivity contribution in [2.24, 2.45) is 0 Å². The predicted molar refractivity (Wildman–Crippen MR) is 110 cm³/mol. The second-order valence-electron chi connectivity index (χ2n) is 6.10. The van der Waals surface area contributed by atoms with Crippen LogP contribution < -0.4 is 10.8 Å². The van der Waals surface area contributed by atoms with Gasteiger partial charge in [0.2, 0.25) is 5.91 Å². The van der Waals surface area contributed by atoms with Gasteiger partial charge in [-0.05, 0) is 35.4 Å². The number of benzene rings is 3. The van der Waals surface area contributed by atoms with E-state index in [1.165, 1.54) is 11.8 Å². The van der Waals surface area contributed by atoms with E-state index in [2.05, 4.69) is 5.32 Å². The van der Waals surface area contributed by atoms with Crippen molar-refractivity contribution < 1.29 is 14.8 Å². The van der Waals surface area contributed by atoms with Crippen LogP contribution >= 0.6 is 11.8 Å². The van der Waals surface area contributed by atoms with Crippen LogP contribution in [0.25, 0.3) is 0 Å². The predicted octanol–water partition coefficient (Wildman–Crippen LogP) is 4.05. The summed E-state index contributed by atoms with van der Waals surface area (Å²) < 4.78 is 0. The topological polar surface area (TPSA) is 78.4 Å². The molecule has 3 rings (SSSR count). The van der Waals surface area contributed by atoms with Crippen LogP contribution in [0.5, 0.6) is 0 Å². The average Bonchev–Trinajstić information content (AvgIpc) is 2.74. The Balaban J connectivity index is 1.73. The van der Waals surface area contributed by atoms with Crippen molar-refractivity contribution in [1.82, 2.24) is 5.48 Å². The molecule has 0 aliphatic carbocycles. The highest BCUT2D eigenvalue weighted by Gasteiger charge is 2.22. The lowest BCUT2D eigenvalue weighted by Crippen LogP contribution is -2.27. The number of nitrogens with one attached hydrogen (secondary N) is 2. The highest BCUT2D eigenvalue weighted by atomic mass is 32.2. The van der Waals surface area contributed by atoms with Crippen molar-refractivity contribution in [1.29, 1.82) is 0 Å². The Morgan fingerprint density at radius 2 is 1.50 bits per heavy atom. The molecular formula is C22H20N2O3S. The van der Waals surface area contributed by atoms with Crippen LogP contribution in [0.15, 0.2) is 89.8 Å². The molecule has 3 N–H and O–H groups in total. The largest absolute Gasteiger partial charge is 0.325 e. The number of carbonyl (C=O) groups is 2. The van der Waals surface area contributed by atoms with Crippen molar-refractivity contribution in [3.05, 3.63) is 96.1 Å². The molecule has 28 heavy (non-hydrogen) atoms. The summed E-state index contributed by atoms with van der Waals surface area (Å²) in [4.78, 5) is 25.6. The zero-order chi connectivity index (χ0) is 19.8. The molecule has 0 fully saturated rings. The lowest BCUT2D eigenvalue weighted by atomic mass is 9.90. The number of carbonyl (C=O) groups excluding carboxylic acids is 2. The first-order chi connectivity index (χ1) is 13.7. The number of hydroxylamine groups is 1. The van der Waals surface area contributed by atoms with E-state index >= 15 is 0 Å². The molecule has 0 aliphatic heterocycles. The molecule has 0 saturated carbocycles. The molecule has 0 aromatic heterocycles. The standard InChI is InChI=1S/C22H20N2O3S/c25-20(15-28-19-12-5-2-6-13-19)23-18-11-7-10-17(14-18)21(22(26)24-27)16-8-3-1-4-9-16/h1-14,21,27H,15H2,(H,23,25)(H,24,26). The molecule has 0 spiro atoms. The van der Waals surface area contributed by atoms with Crippen molar-refractivity contribution in [2.45, 2.75) is 10.8 Å². The third-order valence-corrected chi connectivity index (χ3v) is 5.13. The smallest absolute Gasteiger partial charge is 0.255 e. The normalized spacial score (nSPS) is 11.5. The molecule has 3 aromatic rings. The fourth-order valence-corrected chi connectivity index (χ4v) is 3.58. The van der Waals surface area contributed by atoms with Gasteiger partial charge in [-0.2, -0.15) is 0 Å². The Morgan fingerprint density at radius 3 is 2.18 bits per heavy atom. The van der Waals surface area contributed by atoms with Gasteiger partial charge >= 0.3 is 0 Å². The average molecular weight is 392 g/mol. The Labute approximate surface area is 167 Å². The second kappa shape index (κ2) is 9.73. The van der Waals surface area contributed by atoms with Crippen LogP contribution in [-0.2, 0) is 9.59 Å². The van der Waals surface area contributed by atoms with Crippen LogP contribution in [0.4, 0.5) is 5.69 Å². The first kappa shape index (κ1) is 19.7. The first-order valence-corrected chi connectivity index (χ1v) is 9.72. The molecule has 0 radical (unpaired) electrons. The molecule has 6 heteroatoms. The van der Waals surface area contributed by atoms with Crippen LogP contribution in [0.2, 0.25) is 0 Å². The molecular weight excluding hydrogens is 372 g/mol. The minimum Gasteiger partial charge on any atom is -0.325 e. The summed E-state index contributed by atoms with van der Waals surface area (Å²) >= 11 is 1.45. The van der Waals surface area contributed by atoms with E-state index in [1.807, 2.05) is 60.7 Å². The minimum absolute atomic E-state index is 0.131. The Kier molecular flexibility index (Phi) is 6.84. The number of thioether (sulfide) groups is 1. The molecule has 2 amide bonds. The van der Waals surface area contributed by atoms with E-state index in [4.69, 9.17) is 5.21 Å². The Hall–Kier alpha value is -3.09. The van der Waals surface area contributed by atoms with Crippen molar-refractivity contribution >= 4 is 29.3 Å². The SMILES string of the molecule is O=C(CSc1ccccc1)Nc1cccc(C(C(=O)NO)c2ccccc2)c1. The molecule has 3 aromatic carbocycles. The first-order valence-electron chi connectivity index (χ1n) is 8.74. The summed E-state index contributed by atoms with van der Waals surface area (Å²) in [5, 5.41) is 12.0. The van der Waals surface area contributed by atoms with Crippen molar-refractivity contribution in [2.75, 3.05) is 11.1 Å². The molecule has 1 unspecified atom stereocenters. The molecule has 0 heterocycles. The molecule has 1 atom stereocenters. The van der Waals surface area contributed by atoms with Crippen LogP contribution in [-0.4, -0.2) is 22.8 Å². The van der Waals surface area contributed by atoms with E-state index in [0.717, 1.165) is 10.5 Å². The van der Waals surface area contributed by atoms with Crippen LogP contribution in [0.3, 0.4) is 0 Å². The van der Waals surface area contributed by atoms with Gasteiger partial charge in [0.05, 0.1) is 11.7 Å². The fraction of sp³-hybridized carbons (Fsp3) is 0.0909.